The van der Waals surface area contributed by atoms with Gasteiger partial charge in [-0.1, -0.05) is 15.9 Å². The number of hydrogen-bond acceptors (Lipinski definition) is 1. The van der Waals surface area contributed by atoms with E-state index in [2.05, 4.69) is 34.3 Å². The Morgan fingerprint density at radius 3 is 2.83 bits per heavy atom. The van der Waals surface area contributed by atoms with Crippen molar-refractivity contribution in [3.63, 3.8) is 0 Å². The molecule has 1 aliphatic rings. The van der Waals surface area contributed by atoms with Crippen molar-refractivity contribution >= 4 is 27.3 Å². The molecule has 0 N–H and O–H groups in total. The first-order chi connectivity index (χ1) is 5.75. The van der Waals surface area contributed by atoms with Gasteiger partial charge in [-0.3, -0.25) is 0 Å². The standard InChI is InChI=1S/C10H13BrS/c1-7-4-9(6-12-7)8-2-3-10(11)5-8/h4,6,8,10H,2-3,5H2,1H3. The van der Waals surface area contributed by atoms with Crippen LogP contribution in [0.3, 0.4) is 0 Å². The average molecular weight is 245 g/mol. The molecule has 0 aromatic carbocycles. The van der Waals surface area contributed by atoms with E-state index in [1.807, 2.05) is 11.3 Å². The maximum absolute atomic E-state index is 3.69. The number of hydrogen-bond donors (Lipinski definition) is 0. The van der Waals surface area contributed by atoms with Crippen LogP contribution in [-0.2, 0) is 0 Å². The molecule has 1 fully saturated rings. The molecule has 2 rings (SSSR count). The Kier molecular flexibility index (Phi) is 2.56. The van der Waals surface area contributed by atoms with Crippen LogP contribution in [-0.4, -0.2) is 4.83 Å². The number of thiophene rings is 1. The summed E-state index contributed by atoms with van der Waals surface area (Å²) < 4.78 is 0. The fraction of sp³-hybridized carbons (Fsp3) is 0.600. The third kappa shape index (κ3) is 1.74. The minimum absolute atomic E-state index is 0.766. The minimum Gasteiger partial charge on any atom is -0.149 e. The van der Waals surface area contributed by atoms with E-state index in [0.29, 0.717) is 0 Å². The van der Waals surface area contributed by atoms with Gasteiger partial charge in [0.05, 0.1) is 0 Å². The Hall–Kier alpha value is 0.180. The largest absolute Gasteiger partial charge is 0.149 e. The van der Waals surface area contributed by atoms with Crippen LogP contribution in [0.1, 0.15) is 35.6 Å². The van der Waals surface area contributed by atoms with Crippen molar-refractivity contribution in [2.45, 2.75) is 36.9 Å². The lowest BCUT2D eigenvalue weighted by atomic mass is 10.0. The van der Waals surface area contributed by atoms with Gasteiger partial charge in [0.2, 0.25) is 0 Å². The zero-order valence-electron chi connectivity index (χ0n) is 7.22. The Morgan fingerprint density at radius 2 is 2.33 bits per heavy atom. The summed E-state index contributed by atoms with van der Waals surface area (Å²) >= 11 is 5.56. The first-order valence-corrected chi connectivity index (χ1v) is 6.24. The van der Waals surface area contributed by atoms with Gasteiger partial charge in [0.1, 0.15) is 0 Å². The van der Waals surface area contributed by atoms with E-state index in [1.54, 1.807) is 5.56 Å². The van der Waals surface area contributed by atoms with Crippen LogP contribution >= 0.6 is 27.3 Å². The maximum Gasteiger partial charge on any atom is 0.0151 e. The smallest absolute Gasteiger partial charge is 0.0151 e. The molecule has 0 amide bonds. The summed E-state index contributed by atoms with van der Waals surface area (Å²) in [6, 6.07) is 2.35. The summed E-state index contributed by atoms with van der Waals surface area (Å²) in [5.41, 5.74) is 1.57. The third-order valence-corrected chi connectivity index (χ3v) is 4.30. The van der Waals surface area contributed by atoms with E-state index < -0.39 is 0 Å². The van der Waals surface area contributed by atoms with Crippen molar-refractivity contribution in [1.29, 1.82) is 0 Å². The predicted octanol–water partition coefficient (Wildman–Crippen LogP) is 4.09. The van der Waals surface area contributed by atoms with Crippen LogP contribution in [0, 0.1) is 6.92 Å². The SMILES string of the molecule is Cc1cc(C2CCC(Br)C2)cs1. The fourth-order valence-electron chi connectivity index (χ4n) is 1.91. The zero-order chi connectivity index (χ0) is 8.55. The average Bonchev–Trinajstić information content (AvgIpc) is 2.58. The molecule has 0 spiro atoms. The van der Waals surface area contributed by atoms with Gasteiger partial charge in [0.15, 0.2) is 0 Å². The molecule has 66 valence electrons. The Bertz CT molecular complexity index is 267. The highest BCUT2D eigenvalue weighted by Gasteiger charge is 2.24. The van der Waals surface area contributed by atoms with Crippen molar-refractivity contribution < 1.29 is 0 Å². The molecule has 1 heterocycles. The highest BCUT2D eigenvalue weighted by molar-refractivity contribution is 9.09. The Labute approximate surface area is 86.1 Å². The first-order valence-electron chi connectivity index (χ1n) is 4.45. The van der Waals surface area contributed by atoms with E-state index in [-0.39, 0.29) is 0 Å². The second-order valence-electron chi connectivity index (χ2n) is 3.60. The number of aryl methyl sites for hydroxylation is 1. The summed E-state index contributed by atoms with van der Waals surface area (Å²) in [7, 11) is 0. The molecule has 2 atom stereocenters. The van der Waals surface area contributed by atoms with E-state index >= 15 is 0 Å². The highest BCUT2D eigenvalue weighted by Crippen LogP contribution is 2.39. The van der Waals surface area contributed by atoms with Crippen LogP contribution in [0.5, 0.6) is 0 Å². The van der Waals surface area contributed by atoms with Gasteiger partial charge in [0.25, 0.3) is 0 Å². The lowest BCUT2D eigenvalue weighted by Gasteiger charge is -2.05. The Balaban J connectivity index is 2.11. The van der Waals surface area contributed by atoms with Crippen molar-refractivity contribution in [2.75, 3.05) is 0 Å². The molecular weight excluding hydrogens is 232 g/mol. The second-order valence-corrected chi connectivity index (χ2v) is 6.01. The molecule has 0 radical (unpaired) electrons. The van der Waals surface area contributed by atoms with E-state index in [4.69, 9.17) is 0 Å². The zero-order valence-corrected chi connectivity index (χ0v) is 9.62. The number of halogens is 1. The molecule has 2 unspecified atom stereocenters. The quantitative estimate of drug-likeness (QED) is 0.654. The van der Waals surface area contributed by atoms with Crippen LogP contribution in [0.25, 0.3) is 0 Å². The molecule has 0 aliphatic heterocycles. The molecule has 1 saturated carbocycles. The molecule has 0 bridgehead atoms. The van der Waals surface area contributed by atoms with Gasteiger partial charge in [-0.05, 0) is 49.1 Å². The van der Waals surface area contributed by atoms with Crippen LogP contribution in [0.15, 0.2) is 11.4 Å². The molecular formula is C10H13BrS. The normalized spacial score (nSPS) is 29.5. The van der Waals surface area contributed by atoms with Gasteiger partial charge in [-0.15, -0.1) is 11.3 Å². The van der Waals surface area contributed by atoms with Crippen molar-refractivity contribution in [1.82, 2.24) is 0 Å². The maximum atomic E-state index is 3.69. The van der Waals surface area contributed by atoms with Gasteiger partial charge >= 0.3 is 0 Å². The van der Waals surface area contributed by atoms with E-state index in [1.165, 1.54) is 24.1 Å². The molecule has 1 aliphatic carbocycles. The van der Waals surface area contributed by atoms with E-state index in [9.17, 15) is 0 Å². The molecule has 1 aromatic heterocycles. The molecule has 2 heteroatoms. The van der Waals surface area contributed by atoms with Crippen LogP contribution < -0.4 is 0 Å². The molecule has 0 saturated heterocycles. The highest BCUT2D eigenvalue weighted by atomic mass is 79.9. The summed E-state index contributed by atoms with van der Waals surface area (Å²) in [6.07, 6.45) is 4.04. The van der Waals surface area contributed by atoms with Crippen molar-refractivity contribution in [3.05, 3.63) is 21.9 Å². The Morgan fingerprint density at radius 1 is 1.50 bits per heavy atom. The monoisotopic (exact) mass is 244 g/mol. The lowest BCUT2D eigenvalue weighted by Crippen LogP contribution is -1.91. The predicted molar refractivity (Wildman–Crippen MR) is 58.4 cm³/mol. The summed E-state index contributed by atoms with van der Waals surface area (Å²) in [5, 5.41) is 2.32. The van der Waals surface area contributed by atoms with Crippen LogP contribution in [0.4, 0.5) is 0 Å². The molecule has 12 heavy (non-hydrogen) atoms. The van der Waals surface area contributed by atoms with E-state index in [0.717, 1.165) is 10.7 Å². The number of alkyl halides is 1. The van der Waals surface area contributed by atoms with Crippen molar-refractivity contribution in [3.8, 4) is 0 Å². The van der Waals surface area contributed by atoms with Gasteiger partial charge in [0, 0.05) is 9.70 Å². The van der Waals surface area contributed by atoms with Crippen LogP contribution in [0.2, 0.25) is 0 Å². The molecule has 0 nitrogen and oxygen atoms in total. The van der Waals surface area contributed by atoms with Gasteiger partial charge in [-0.25, -0.2) is 0 Å². The lowest BCUT2D eigenvalue weighted by molar-refractivity contribution is 0.728. The first kappa shape index (κ1) is 8.76. The third-order valence-electron chi connectivity index (χ3n) is 2.59. The van der Waals surface area contributed by atoms with Gasteiger partial charge < -0.3 is 0 Å². The topological polar surface area (TPSA) is 0 Å². The summed E-state index contributed by atoms with van der Waals surface area (Å²) in [5.74, 6) is 0.833. The number of rotatable bonds is 1. The summed E-state index contributed by atoms with van der Waals surface area (Å²) in [6.45, 7) is 2.19. The minimum atomic E-state index is 0.766. The summed E-state index contributed by atoms with van der Waals surface area (Å²) in [4.78, 5) is 2.21. The fourth-order valence-corrected chi connectivity index (χ4v) is 3.41. The van der Waals surface area contributed by atoms with Crippen molar-refractivity contribution in [2.24, 2.45) is 0 Å². The second kappa shape index (κ2) is 3.51. The van der Waals surface area contributed by atoms with Gasteiger partial charge in [-0.2, -0.15) is 0 Å². The molecule has 1 aromatic rings.